The van der Waals surface area contributed by atoms with Crippen LogP contribution in [0.1, 0.15) is 39.0 Å². The zero-order valence-corrected chi connectivity index (χ0v) is 14.0. The van der Waals surface area contributed by atoms with Crippen molar-refractivity contribution in [3.8, 4) is 11.4 Å². The highest BCUT2D eigenvalue weighted by atomic mass is 16.6. The quantitative estimate of drug-likeness (QED) is 0.910. The van der Waals surface area contributed by atoms with Gasteiger partial charge in [0.2, 0.25) is 0 Å². The van der Waals surface area contributed by atoms with Crippen LogP contribution in [0.5, 0.6) is 0 Å². The Kier molecular flexibility index (Phi) is 4.28. The van der Waals surface area contributed by atoms with E-state index in [1.807, 2.05) is 18.2 Å². The van der Waals surface area contributed by atoms with Crippen LogP contribution in [-0.4, -0.2) is 44.5 Å². The lowest BCUT2D eigenvalue weighted by Gasteiger charge is -2.27. The van der Waals surface area contributed by atoms with Crippen molar-refractivity contribution < 1.29 is 19.2 Å². The molecule has 3 heterocycles. The van der Waals surface area contributed by atoms with Gasteiger partial charge in [-0.3, -0.25) is 9.88 Å². The first kappa shape index (κ1) is 16.4. The maximum atomic E-state index is 12.4. The number of ether oxygens (including phenoxy) is 1. The number of carbonyl (C=O) groups is 1. The van der Waals surface area contributed by atoms with Crippen LogP contribution in [0, 0.1) is 0 Å². The monoisotopic (exact) mass is 331 g/mol. The third-order valence-electron chi connectivity index (χ3n) is 3.69. The molecule has 0 aliphatic carbocycles. The van der Waals surface area contributed by atoms with Crippen LogP contribution in [0.2, 0.25) is 0 Å². The highest BCUT2D eigenvalue weighted by molar-refractivity contribution is 5.69. The molecule has 2 aromatic rings. The zero-order valence-electron chi connectivity index (χ0n) is 14.0. The van der Waals surface area contributed by atoms with Gasteiger partial charge in [0.25, 0.3) is 0 Å². The molecule has 0 spiro atoms. The maximum Gasteiger partial charge on any atom is 0.411 e. The fourth-order valence-electron chi connectivity index (χ4n) is 2.69. The van der Waals surface area contributed by atoms with Gasteiger partial charge in [0.05, 0.1) is 24.4 Å². The Balaban J connectivity index is 1.82. The summed E-state index contributed by atoms with van der Waals surface area (Å²) in [5.41, 5.74) is 0.682. The van der Waals surface area contributed by atoms with Gasteiger partial charge in [-0.1, -0.05) is 11.2 Å². The number of hydrogen-bond donors (Lipinski definition) is 1. The van der Waals surface area contributed by atoms with Crippen LogP contribution in [0.15, 0.2) is 35.0 Å². The van der Waals surface area contributed by atoms with Crippen molar-refractivity contribution in [3.05, 3.63) is 36.2 Å². The van der Waals surface area contributed by atoms with Crippen molar-refractivity contribution in [1.29, 1.82) is 0 Å². The lowest BCUT2D eigenvalue weighted by Crippen LogP contribution is -2.37. The molecule has 1 aliphatic rings. The number of amides is 1. The first-order chi connectivity index (χ1) is 11.3. The van der Waals surface area contributed by atoms with Gasteiger partial charge >= 0.3 is 6.09 Å². The Hall–Kier alpha value is -2.41. The normalized spacial score (nSPS) is 21.1. The summed E-state index contributed by atoms with van der Waals surface area (Å²) in [6.45, 7) is 5.62. The summed E-state index contributed by atoms with van der Waals surface area (Å²) in [5.74, 6) is 0.512. The largest absolute Gasteiger partial charge is 0.444 e. The van der Waals surface area contributed by atoms with Gasteiger partial charge in [0.1, 0.15) is 11.3 Å². The van der Waals surface area contributed by atoms with Crippen molar-refractivity contribution in [3.63, 3.8) is 0 Å². The molecule has 7 nitrogen and oxygen atoms in total. The molecule has 1 amide bonds. The van der Waals surface area contributed by atoms with Crippen LogP contribution < -0.4 is 0 Å². The molecular weight excluding hydrogens is 310 g/mol. The molecule has 1 fully saturated rings. The zero-order chi connectivity index (χ0) is 17.3. The van der Waals surface area contributed by atoms with Gasteiger partial charge in [-0.05, 0) is 32.9 Å². The molecule has 2 aromatic heterocycles. The Morgan fingerprint density at radius 3 is 2.83 bits per heavy atom. The number of aromatic nitrogens is 2. The minimum absolute atomic E-state index is 0.208. The van der Waals surface area contributed by atoms with Crippen molar-refractivity contribution in [2.24, 2.45) is 0 Å². The van der Waals surface area contributed by atoms with Crippen LogP contribution >= 0.6 is 0 Å². The van der Waals surface area contributed by atoms with Crippen molar-refractivity contribution in [2.45, 2.75) is 44.9 Å². The number of aliphatic hydroxyl groups excluding tert-OH is 1. The van der Waals surface area contributed by atoms with E-state index in [0.717, 1.165) is 0 Å². The molecule has 2 atom stereocenters. The Morgan fingerprint density at radius 1 is 1.38 bits per heavy atom. The SMILES string of the molecule is CC(C)(C)OC(=O)N1C[C@@H](O)C[C@H]1c1cc(-c2ccccn2)no1. The van der Waals surface area contributed by atoms with E-state index in [9.17, 15) is 9.90 Å². The first-order valence-corrected chi connectivity index (χ1v) is 7.89. The average molecular weight is 331 g/mol. The second kappa shape index (κ2) is 6.24. The summed E-state index contributed by atoms with van der Waals surface area (Å²) in [4.78, 5) is 18.1. The second-order valence-corrected chi connectivity index (χ2v) is 6.87. The number of β-amino-alcohol motifs (C(OH)–C–C–N with tert-alkyl or cyclic N) is 1. The molecule has 0 bridgehead atoms. The molecule has 1 aliphatic heterocycles. The molecule has 128 valence electrons. The highest BCUT2D eigenvalue weighted by Crippen LogP contribution is 2.34. The molecule has 1 N–H and O–H groups in total. The third kappa shape index (κ3) is 3.56. The van der Waals surface area contributed by atoms with Crippen LogP contribution in [-0.2, 0) is 4.74 Å². The topological polar surface area (TPSA) is 88.7 Å². The fourth-order valence-corrected chi connectivity index (χ4v) is 2.69. The minimum atomic E-state index is -0.620. The lowest BCUT2D eigenvalue weighted by atomic mass is 10.1. The Morgan fingerprint density at radius 2 is 2.17 bits per heavy atom. The van der Waals surface area contributed by atoms with Gasteiger partial charge in [-0.15, -0.1) is 0 Å². The highest BCUT2D eigenvalue weighted by Gasteiger charge is 2.39. The van der Waals surface area contributed by atoms with Gasteiger partial charge < -0.3 is 14.4 Å². The van der Waals surface area contributed by atoms with E-state index in [-0.39, 0.29) is 6.54 Å². The molecular formula is C17H21N3O4. The van der Waals surface area contributed by atoms with E-state index < -0.39 is 23.8 Å². The van der Waals surface area contributed by atoms with Crippen molar-refractivity contribution in [2.75, 3.05) is 6.54 Å². The summed E-state index contributed by atoms with van der Waals surface area (Å²) in [7, 11) is 0. The van der Waals surface area contributed by atoms with Crippen molar-refractivity contribution in [1.82, 2.24) is 15.0 Å². The van der Waals surface area contributed by atoms with E-state index in [1.54, 1.807) is 33.0 Å². The van der Waals surface area contributed by atoms with Gasteiger partial charge in [-0.25, -0.2) is 4.79 Å². The summed E-state index contributed by atoms with van der Waals surface area (Å²) < 4.78 is 10.8. The van der Waals surface area contributed by atoms with E-state index in [0.29, 0.717) is 23.6 Å². The maximum absolute atomic E-state index is 12.4. The smallest absolute Gasteiger partial charge is 0.411 e. The van der Waals surface area contributed by atoms with Crippen LogP contribution in [0.3, 0.4) is 0 Å². The fraction of sp³-hybridized carbons (Fsp3) is 0.471. The van der Waals surface area contributed by atoms with E-state index >= 15 is 0 Å². The van der Waals surface area contributed by atoms with Crippen molar-refractivity contribution >= 4 is 6.09 Å². The number of nitrogens with zero attached hydrogens (tertiary/aromatic N) is 3. The summed E-state index contributed by atoms with van der Waals surface area (Å²) >= 11 is 0. The molecule has 24 heavy (non-hydrogen) atoms. The van der Waals surface area contributed by atoms with Gasteiger partial charge in [0.15, 0.2) is 5.76 Å². The van der Waals surface area contributed by atoms with Crippen LogP contribution in [0.4, 0.5) is 4.79 Å². The predicted octanol–water partition coefficient (Wildman–Crippen LogP) is 2.78. The van der Waals surface area contributed by atoms with E-state index in [1.165, 1.54) is 4.90 Å². The molecule has 3 rings (SSSR count). The summed E-state index contributed by atoms with van der Waals surface area (Å²) in [6.07, 6.45) is 0.970. The number of hydrogen-bond acceptors (Lipinski definition) is 6. The Labute approximate surface area is 140 Å². The number of aliphatic hydroxyl groups is 1. The summed E-state index contributed by atoms with van der Waals surface area (Å²) in [6, 6.07) is 6.87. The molecule has 1 saturated heterocycles. The number of carbonyl (C=O) groups excluding carboxylic acids is 1. The Bertz CT molecular complexity index is 708. The summed E-state index contributed by atoms with van der Waals surface area (Å²) in [5, 5.41) is 14.0. The molecule has 0 radical (unpaired) electrons. The minimum Gasteiger partial charge on any atom is -0.444 e. The molecule has 0 aromatic carbocycles. The molecule has 7 heteroatoms. The predicted molar refractivity (Wildman–Crippen MR) is 86.0 cm³/mol. The number of likely N-dealkylation sites (tertiary alicyclic amines) is 1. The van der Waals surface area contributed by atoms with E-state index in [4.69, 9.17) is 9.26 Å². The molecule has 0 unspecified atom stereocenters. The van der Waals surface area contributed by atoms with Crippen LogP contribution in [0.25, 0.3) is 11.4 Å². The number of rotatable bonds is 2. The van der Waals surface area contributed by atoms with E-state index in [2.05, 4.69) is 10.1 Å². The molecule has 0 saturated carbocycles. The lowest BCUT2D eigenvalue weighted by molar-refractivity contribution is 0.0188. The van der Waals surface area contributed by atoms with Gasteiger partial charge in [0, 0.05) is 18.7 Å². The third-order valence-corrected chi connectivity index (χ3v) is 3.69. The second-order valence-electron chi connectivity index (χ2n) is 6.87. The van der Waals surface area contributed by atoms with Gasteiger partial charge in [-0.2, -0.15) is 0 Å². The number of pyridine rings is 1. The average Bonchev–Trinajstić information content (AvgIpc) is 3.12. The first-order valence-electron chi connectivity index (χ1n) is 7.89. The standard InChI is InChI=1S/C17H21N3O4/c1-17(2,3)23-16(22)20-10-11(21)8-14(20)15-9-13(19-24-15)12-6-4-5-7-18-12/h4-7,9,11,14,21H,8,10H2,1-3H3/t11-,14-/m0/s1.